The molecular formula is C16H21ClN2O2. The highest BCUT2D eigenvalue weighted by atomic mass is 35.5. The van der Waals surface area contributed by atoms with Gasteiger partial charge in [-0.05, 0) is 36.5 Å². The summed E-state index contributed by atoms with van der Waals surface area (Å²) in [4.78, 5) is 23.7. The second kappa shape index (κ2) is 7.46. The average molecular weight is 309 g/mol. The standard InChI is InChI=1S/C16H21ClN2O2/c1-11-5-2-3-8-14(11)19-16(21)15(20)18-10-12-6-4-7-13(17)9-12/h4,6-7,9,11,14H,2-3,5,8,10H2,1H3,(H,18,20)(H,19,21)/t11-,14+/m1/s1. The Balaban J connectivity index is 1.81. The van der Waals surface area contributed by atoms with Crippen LogP contribution in [-0.2, 0) is 16.1 Å². The summed E-state index contributed by atoms with van der Waals surface area (Å²) >= 11 is 5.88. The molecule has 0 aliphatic heterocycles. The average Bonchev–Trinajstić information content (AvgIpc) is 2.47. The molecule has 2 atom stereocenters. The van der Waals surface area contributed by atoms with Gasteiger partial charge in [0, 0.05) is 17.6 Å². The largest absolute Gasteiger partial charge is 0.345 e. The van der Waals surface area contributed by atoms with E-state index in [-0.39, 0.29) is 6.04 Å². The van der Waals surface area contributed by atoms with Gasteiger partial charge >= 0.3 is 11.8 Å². The normalized spacial score (nSPS) is 21.6. The van der Waals surface area contributed by atoms with E-state index in [1.165, 1.54) is 6.42 Å². The van der Waals surface area contributed by atoms with Crippen LogP contribution in [0.2, 0.25) is 5.02 Å². The molecule has 1 aromatic rings. The van der Waals surface area contributed by atoms with Crippen molar-refractivity contribution in [2.24, 2.45) is 5.92 Å². The van der Waals surface area contributed by atoms with Crippen molar-refractivity contribution < 1.29 is 9.59 Å². The molecule has 4 nitrogen and oxygen atoms in total. The predicted molar refractivity (Wildman–Crippen MR) is 82.9 cm³/mol. The van der Waals surface area contributed by atoms with Crippen LogP contribution in [0.4, 0.5) is 0 Å². The lowest BCUT2D eigenvalue weighted by molar-refractivity contribution is -0.140. The number of hydrogen-bond acceptors (Lipinski definition) is 2. The van der Waals surface area contributed by atoms with E-state index in [2.05, 4.69) is 17.6 Å². The number of halogens is 1. The summed E-state index contributed by atoms with van der Waals surface area (Å²) < 4.78 is 0. The van der Waals surface area contributed by atoms with E-state index in [9.17, 15) is 9.59 Å². The van der Waals surface area contributed by atoms with Crippen LogP contribution in [0.1, 0.15) is 38.2 Å². The maximum absolute atomic E-state index is 11.9. The van der Waals surface area contributed by atoms with E-state index in [1.54, 1.807) is 12.1 Å². The van der Waals surface area contributed by atoms with Gasteiger partial charge in [0.15, 0.2) is 0 Å². The first-order valence-corrected chi connectivity index (χ1v) is 7.77. The molecule has 1 aromatic carbocycles. The first kappa shape index (κ1) is 15.8. The van der Waals surface area contributed by atoms with E-state index in [4.69, 9.17) is 11.6 Å². The van der Waals surface area contributed by atoms with Crippen molar-refractivity contribution >= 4 is 23.4 Å². The van der Waals surface area contributed by atoms with Crippen molar-refractivity contribution in [2.45, 2.75) is 45.2 Å². The predicted octanol–water partition coefficient (Wildman–Crippen LogP) is 2.65. The lowest BCUT2D eigenvalue weighted by Crippen LogP contribution is -2.47. The Morgan fingerprint density at radius 3 is 2.71 bits per heavy atom. The molecule has 5 heteroatoms. The van der Waals surface area contributed by atoms with Crippen molar-refractivity contribution in [2.75, 3.05) is 0 Å². The van der Waals surface area contributed by atoms with Crippen molar-refractivity contribution in [3.05, 3.63) is 34.9 Å². The molecule has 1 aliphatic rings. The number of amides is 2. The molecule has 0 saturated heterocycles. The van der Waals surface area contributed by atoms with Crippen LogP contribution < -0.4 is 10.6 Å². The third-order valence-electron chi connectivity index (χ3n) is 3.98. The molecular weight excluding hydrogens is 288 g/mol. The van der Waals surface area contributed by atoms with Gasteiger partial charge in [-0.15, -0.1) is 0 Å². The molecule has 2 rings (SSSR count). The van der Waals surface area contributed by atoms with Gasteiger partial charge in [0.25, 0.3) is 0 Å². The zero-order chi connectivity index (χ0) is 15.2. The molecule has 1 saturated carbocycles. The molecule has 0 bridgehead atoms. The quantitative estimate of drug-likeness (QED) is 0.843. The highest BCUT2D eigenvalue weighted by Crippen LogP contribution is 2.23. The van der Waals surface area contributed by atoms with Gasteiger partial charge in [-0.2, -0.15) is 0 Å². The summed E-state index contributed by atoms with van der Waals surface area (Å²) in [6.45, 7) is 2.42. The minimum Gasteiger partial charge on any atom is -0.345 e. The second-order valence-corrected chi connectivity index (χ2v) is 6.09. The van der Waals surface area contributed by atoms with Crippen molar-refractivity contribution in [1.29, 1.82) is 0 Å². The molecule has 0 spiro atoms. The summed E-state index contributed by atoms with van der Waals surface area (Å²) in [5.74, 6) is -0.702. The molecule has 0 radical (unpaired) electrons. The van der Waals surface area contributed by atoms with Gasteiger partial charge in [-0.3, -0.25) is 9.59 Å². The highest BCUT2D eigenvalue weighted by Gasteiger charge is 2.25. The first-order valence-electron chi connectivity index (χ1n) is 7.39. The topological polar surface area (TPSA) is 58.2 Å². The Kier molecular flexibility index (Phi) is 5.62. The molecule has 21 heavy (non-hydrogen) atoms. The monoisotopic (exact) mass is 308 g/mol. The summed E-state index contributed by atoms with van der Waals surface area (Å²) in [5, 5.41) is 6.07. The first-order chi connectivity index (χ1) is 10.1. The van der Waals surface area contributed by atoms with E-state index < -0.39 is 11.8 Å². The van der Waals surface area contributed by atoms with Crippen LogP contribution in [0.25, 0.3) is 0 Å². The number of rotatable bonds is 3. The minimum atomic E-state index is -0.590. The summed E-state index contributed by atoms with van der Waals surface area (Å²) in [6.07, 6.45) is 4.37. The molecule has 1 fully saturated rings. The van der Waals surface area contributed by atoms with Crippen LogP contribution in [0.3, 0.4) is 0 Å². The van der Waals surface area contributed by atoms with Crippen LogP contribution >= 0.6 is 11.6 Å². The zero-order valence-corrected chi connectivity index (χ0v) is 13.0. The Hall–Kier alpha value is -1.55. The summed E-state index contributed by atoms with van der Waals surface area (Å²) in [5.41, 5.74) is 0.870. The zero-order valence-electron chi connectivity index (χ0n) is 12.2. The van der Waals surface area contributed by atoms with Crippen LogP contribution in [0, 0.1) is 5.92 Å². The van der Waals surface area contributed by atoms with Crippen molar-refractivity contribution in [3.63, 3.8) is 0 Å². The van der Waals surface area contributed by atoms with Gasteiger partial charge in [-0.25, -0.2) is 0 Å². The third kappa shape index (κ3) is 4.74. The second-order valence-electron chi connectivity index (χ2n) is 5.65. The number of carbonyl (C=O) groups is 2. The van der Waals surface area contributed by atoms with Crippen LogP contribution in [0.15, 0.2) is 24.3 Å². The summed E-state index contributed by atoms with van der Waals surface area (Å²) in [6, 6.07) is 7.32. The van der Waals surface area contributed by atoms with Gasteiger partial charge < -0.3 is 10.6 Å². The molecule has 0 unspecified atom stereocenters. The lowest BCUT2D eigenvalue weighted by Gasteiger charge is -2.29. The highest BCUT2D eigenvalue weighted by molar-refractivity contribution is 6.35. The number of benzene rings is 1. The Morgan fingerprint density at radius 1 is 1.24 bits per heavy atom. The molecule has 1 aliphatic carbocycles. The van der Waals surface area contributed by atoms with E-state index in [0.717, 1.165) is 24.8 Å². The molecule has 0 heterocycles. The van der Waals surface area contributed by atoms with Crippen molar-refractivity contribution in [1.82, 2.24) is 10.6 Å². The Bertz CT molecular complexity index is 519. The SMILES string of the molecule is C[C@@H]1CCCC[C@@H]1NC(=O)C(=O)NCc1cccc(Cl)c1. The van der Waals surface area contributed by atoms with Crippen LogP contribution in [0.5, 0.6) is 0 Å². The number of hydrogen-bond donors (Lipinski definition) is 2. The number of nitrogens with one attached hydrogen (secondary N) is 2. The van der Waals surface area contributed by atoms with Gasteiger partial charge in [-0.1, -0.05) is 43.5 Å². The van der Waals surface area contributed by atoms with Gasteiger partial charge in [0.2, 0.25) is 0 Å². The van der Waals surface area contributed by atoms with Gasteiger partial charge in [0.1, 0.15) is 0 Å². The van der Waals surface area contributed by atoms with Gasteiger partial charge in [0.05, 0.1) is 0 Å². The van der Waals surface area contributed by atoms with E-state index >= 15 is 0 Å². The maximum Gasteiger partial charge on any atom is 0.309 e. The van der Waals surface area contributed by atoms with Crippen molar-refractivity contribution in [3.8, 4) is 0 Å². The smallest absolute Gasteiger partial charge is 0.309 e. The molecule has 0 aromatic heterocycles. The molecule has 2 N–H and O–H groups in total. The summed E-state index contributed by atoms with van der Waals surface area (Å²) in [7, 11) is 0. The van der Waals surface area contributed by atoms with E-state index in [0.29, 0.717) is 17.5 Å². The minimum absolute atomic E-state index is 0.114. The Labute approximate surface area is 130 Å². The van der Waals surface area contributed by atoms with Crippen LogP contribution in [-0.4, -0.2) is 17.9 Å². The maximum atomic E-state index is 11.9. The number of carbonyl (C=O) groups excluding carboxylic acids is 2. The Morgan fingerprint density at radius 2 is 2.00 bits per heavy atom. The third-order valence-corrected chi connectivity index (χ3v) is 4.21. The molecule has 2 amide bonds. The lowest BCUT2D eigenvalue weighted by atomic mass is 9.86. The fraction of sp³-hybridized carbons (Fsp3) is 0.500. The fourth-order valence-corrected chi connectivity index (χ4v) is 2.89. The van der Waals surface area contributed by atoms with E-state index in [1.807, 2.05) is 12.1 Å². The fourth-order valence-electron chi connectivity index (χ4n) is 2.67. The molecule has 114 valence electrons.